The molecule has 4 nitrogen and oxygen atoms in total. The van der Waals surface area contributed by atoms with E-state index in [0.29, 0.717) is 5.75 Å². The first kappa shape index (κ1) is 24.1. The van der Waals surface area contributed by atoms with Crippen molar-refractivity contribution >= 4 is 0 Å². The third kappa shape index (κ3) is 15.2. The van der Waals surface area contributed by atoms with E-state index in [1.807, 2.05) is 0 Å². The van der Waals surface area contributed by atoms with E-state index in [0.717, 1.165) is 0 Å². The summed E-state index contributed by atoms with van der Waals surface area (Å²) >= 11 is 0. The van der Waals surface area contributed by atoms with Crippen molar-refractivity contribution < 1.29 is 40.4 Å². The molecule has 0 aliphatic rings. The van der Waals surface area contributed by atoms with Gasteiger partial charge in [-0.25, -0.2) is 4.39 Å². The Morgan fingerprint density at radius 1 is 0.938 bits per heavy atom. The van der Waals surface area contributed by atoms with E-state index in [1.54, 1.807) is 19.2 Å². The Kier molecular flexibility index (Phi) is 35.4. The molecule has 1 aromatic rings. The van der Waals surface area contributed by atoms with Gasteiger partial charge in [0.05, 0.1) is 7.11 Å². The number of methoxy groups -OCH3 is 1. The maximum Gasteiger partial charge on any atom is 0 e. The van der Waals surface area contributed by atoms with Crippen molar-refractivity contribution in [2.45, 2.75) is 0 Å². The van der Waals surface area contributed by atoms with Gasteiger partial charge >= 0.3 is 33.9 Å². The standard InChI is InChI=1S/C7H7FO.3CO.Cr/c1-9-7-4-2-6(8)3-5-7;3*1-2;/h2-5H,1H3;;;;. The summed E-state index contributed by atoms with van der Waals surface area (Å²) in [5, 5.41) is 0. The van der Waals surface area contributed by atoms with E-state index < -0.39 is 0 Å². The summed E-state index contributed by atoms with van der Waals surface area (Å²) in [6.07, 6.45) is 0. The molecule has 0 radical (unpaired) electrons. The largest absolute Gasteiger partial charge is 0 e. The number of benzene rings is 1. The zero-order valence-electron chi connectivity index (χ0n) is 8.23. The summed E-state index contributed by atoms with van der Waals surface area (Å²) in [5.74, 6) is 0.437. The predicted molar refractivity (Wildman–Crippen MR) is 44.7 cm³/mol. The number of halogens is 1. The van der Waals surface area contributed by atoms with Crippen molar-refractivity contribution in [2.75, 3.05) is 7.11 Å². The molecule has 0 spiro atoms. The molecule has 6 heteroatoms. The summed E-state index contributed by atoms with van der Waals surface area (Å²) in [6.45, 7) is 13.5. The van der Waals surface area contributed by atoms with Crippen LogP contribution in [-0.2, 0) is 31.3 Å². The van der Waals surface area contributed by atoms with Crippen molar-refractivity contribution in [2.24, 2.45) is 0 Å². The molecular weight excluding hydrogens is 255 g/mol. The van der Waals surface area contributed by atoms with Gasteiger partial charge in [0.2, 0.25) is 0 Å². The average Bonchev–Trinajstić information content (AvgIpc) is 2.38. The Labute approximate surface area is 104 Å². The number of hydrogen-bond donors (Lipinski definition) is 0. The van der Waals surface area contributed by atoms with Gasteiger partial charge in [-0.3, -0.25) is 0 Å². The molecule has 0 saturated heterocycles. The summed E-state index contributed by atoms with van der Waals surface area (Å²) in [6, 6.07) is 5.88. The zero-order valence-corrected chi connectivity index (χ0v) is 9.50. The monoisotopic (exact) mass is 262 g/mol. The second-order valence-electron chi connectivity index (χ2n) is 1.66. The summed E-state index contributed by atoms with van der Waals surface area (Å²) in [7, 11) is 1.55. The molecule has 0 saturated carbocycles. The number of ether oxygens (including phenoxy) is 1. The van der Waals surface area contributed by atoms with Crippen LogP contribution in [0, 0.1) is 25.8 Å². The SMILES string of the molecule is COc1ccc(F)cc1.[C-]#[O+].[C-]#[O+].[C-]#[O+].[Cr]. The Balaban J connectivity index is -0.0000000900. The van der Waals surface area contributed by atoms with Crippen LogP contribution in [0.5, 0.6) is 5.75 Å². The fraction of sp³-hybridized carbons (Fsp3) is 0.100. The summed E-state index contributed by atoms with van der Waals surface area (Å²) in [4.78, 5) is 0. The van der Waals surface area contributed by atoms with Gasteiger partial charge in [0.25, 0.3) is 0 Å². The number of rotatable bonds is 1. The molecule has 0 atom stereocenters. The minimum atomic E-state index is -0.240. The van der Waals surface area contributed by atoms with Gasteiger partial charge in [-0.1, -0.05) is 0 Å². The second-order valence-corrected chi connectivity index (χ2v) is 1.66. The first-order valence-corrected chi connectivity index (χ1v) is 3.24. The van der Waals surface area contributed by atoms with Gasteiger partial charge in [0, 0.05) is 17.4 Å². The molecule has 0 N–H and O–H groups in total. The van der Waals surface area contributed by atoms with Gasteiger partial charge in [-0.2, -0.15) is 0 Å². The summed E-state index contributed by atoms with van der Waals surface area (Å²) < 4.78 is 39.5. The van der Waals surface area contributed by atoms with Crippen molar-refractivity contribution in [3.63, 3.8) is 0 Å². The van der Waals surface area contributed by atoms with Crippen molar-refractivity contribution in [1.82, 2.24) is 0 Å². The van der Waals surface area contributed by atoms with Crippen LogP contribution >= 0.6 is 0 Å². The summed E-state index contributed by atoms with van der Waals surface area (Å²) in [5.41, 5.74) is 0. The van der Waals surface area contributed by atoms with Gasteiger partial charge < -0.3 is 4.74 Å². The third-order valence-corrected chi connectivity index (χ3v) is 1.05. The van der Waals surface area contributed by atoms with Gasteiger partial charge in [-0.05, 0) is 24.3 Å². The average molecular weight is 262 g/mol. The molecule has 0 amide bonds. The maximum atomic E-state index is 12.2. The molecule has 0 unspecified atom stereocenters. The van der Waals surface area contributed by atoms with Gasteiger partial charge in [-0.15, -0.1) is 0 Å². The van der Waals surface area contributed by atoms with Crippen molar-refractivity contribution in [1.29, 1.82) is 0 Å². The van der Waals surface area contributed by atoms with Crippen LogP contribution in [0.4, 0.5) is 4.39 Å². The Morgan fingerprint density at radius 2 is 1.25 bits per heavy atom. The molecular formula is C10H7CrFO4. The molecule has 16 heavy (non-hydrogen) atoms. The molecule has 0 heterocycles. The van der Waals surface area contributed by atoms with Crippen molar-refractivity contribution in [3.05, 3.63) is 50.0 Å². The molecule has 0 aliphatic carbocycles. The first-order chi connectivity index (χ1) is 7.33. The van der Waals surface area contributed by atoms with Crippen LogP contribution in [0.1, 0.15) is 0 Å². The first-order valence-electron chi connectivity index (χ1n) is 3.24. The minimum Gasteiger partial charge on any atom is 0 e. The fourth-order valence-corrected chi connectivity index (χ4v) is 0.571. The van der Waals surface area contributed by atoms with E-state index >= 15 is 0 Å². The van der Waals surface area contributed by atoms with Crippen molar-refractivity contribution in [3.8, 4) is 5.75 Å². The zero-order chi connectivity index (χ0) is 12.7. The number of hydrogen-bond acceptors (Lipinski definition) is 1. The van der Waals surface area contributed by atoms with Crippen LogP contribution < -0.4 is 4.74 Å². The topological polar surface area (TPSA) is 68.9 Å². The van der Waals surface area contributed by atoms with E-state index in [9.17, 15) is 4.39 Å². The van der Waals surface area contributed by atoms with Crippen LogP contribution in [0.2, 0.25) is 0 Å². The maximum absolute atomic E-state index is 12.2. The fourth-order valence-electron chi connectivity index (χ4n) is 0.571. The predicted octanol–water partition coefficient (Wildman–Crippen LogP) is 1.72. The molecule has 0 fully saturated rings. The van der Waals surface area contributed by atoms with Crippen LogP contribution in [0.25, 0.3) is 0 Å². The Bertz CT molecular complexity index is 278. The van der Waals surface area contributed by atoms with E-state index in [1.165, 1.54) is 12.1 Å². The molecule has 0 bridgehead atoms. The smallest absolute Gasteiger partial charge is 0 e. The molecule has 1 aromatic carbocycles. The van der Waals surface area contributed by atoms with Crippen LogP contribution in [0.3, 0.4) is 0 Å². The van der Waals surface area contributed by atoms with Gasteiger partial charge in [0.1, 0.15) is 11.6 Å². The van der Waals surface area contributed by atoms with E-state index in [-0.39, 0.29) is 23.2 Å². The molecule has 84 valence electrons. The molecule has 1 rings (SSSR count). The van der Waals surface area contributed by atoms with E-state index in [4.69, 9.17) is 18.7 Å². The van der Waals surface area contributed by atoms with Crippen LogP contribution in [-0.4, -0.2) is 7.11 Å². The van der Waals surface area contributed by atoms with Crippen LogP contribution in [0.15, 0.2) is 24.3 Å². The van der Waals surface area contributed by atoms with Gasteiger partial charge in [0.15, 0.2) is 0 Å². The molecule has 0 aromatic heterocycles. The normalized spacial score (nSPS) is 5.50. The minimum absolute atomic E-state index is 0. The second kappa shape index (κ2) is 23.5. The third-order valence-electron chi connectivity index (χ3n) is 1.05. The Hall–Kier alpha value is -1.30. The Morgan fingerprint density at radius 3 is 1.50 bits per heavy atom. The molecule has 0 aliphatic heterocycles. The quantitative estimate of drug-likeness (QED) is 0.561. The van der Waals surface area contributed by atoms with E-state index in [2.05, 4.69) is 20.0 Å².